The van der Waals surface area contributed by atoms with E-state index in [4.69, 9.17) is 5.10 Å². The highest BCUT2D eigenvalue weighted by Crippen LogP contribution is 2.29. The maximum atomic E-state index is 13.1. The number of halogens is 1. The minimum atomic E-state index is 0. The van der Waals surface area contributed by atoms with Crippen LogP contribution in [-0.4, -0.2) is 47.3 Å². The molecule has 0 radical (unpaired) electrons. The fourth-order valence-electron chi connectivity index (χ4n) is 3.72. The van der Waals surface area contributed by atoms with Crippen molar-refractivity contribution in [3.8, 4) is 16.3 Å². The lowest BCUT2D eigenvalue weighted by atomic mass is 9.98. The number of para-hydroxylation sites is 1. The predicted molar refractivity (Wildman–Crippen MR) is 117 cm³/mol. The molecule has 7 heteroatoms. The second-order valence-electron chi connectivity index (χ2n) is 6.96. The van der Waals surface area contributed by atoms with Crippen LogP contribution in [0.1, 0.15) is 23.3 Å². The van der Waals surface area contributed by atoms with E-state index in [2.05, 4.69) is 11.4 Å². The summed E-state index contributed by atoms with van der Waals surface area (Å²) in [5.41, 5.74) is 2.45. The molecular formula is C21H25ClN4OS. The third-order valence-electron chi connectivity index (χ3n) is 5.00. The van der Waals surface area contributed by atoms with E-state index >= 15 is 0 Å². The van der Waals surface area contributed by atoms with Crippen molar-refractivity contribution in [2.24, 2.45) is 5.92 Å². The molecule has 0 spiro atoms. The standard InChI is InChI=1S/C21H24N4OS.ClH/c1-22-14-16-7-5-11-24(15-16)21(26)18-13-19(20-10-6-12-27-20)25(23-18)17-8-3-2-4-9-17;/h2-4,6,8-10,12-13,16,22H,5,7,11,14-15H2,1H3;1H. The molecule has 1 saturated heterocycles. The van der Waals surface area contributed by atoms with Gasteiger partial charge < -0.3 is 10.2 Å². The first kappa shape index (κ1) is 20.6. The molecule has 3 aromatic rings. The Labute approximate surface area is 175 Å². The number of nitrogens with zero attached hydrogens (tertiary/aromatic N) is 3. The summed E-state index contributed by atoms with van der Waals surface area (Å²) >= 11 is 1.66. The summed E-state index contributed by atoms with van der Waals surface area (Å²) in [6.45, 7) is 2.56. The molecule has 1 aromatic carbocycles. The number of piperidine rings is 1. The van der Waals surface area contributed by atoms with E-state index < -0.39 is 0 Å². The molecule has 0 bridgehead atoms. The number of aromatic nitrogens is 2. The first-order valence-corrected chi connectivity index (χ1v) is 10.3. The number of benzene rings is 1. The van der Waals surface area contributed by atoms with Gasteiger partial charge in [0.1, 0.15) is 0 Å². The van der Waals surface area contributed by atoms with Crippen LogP contribution in [0.4, 0.5) is 0 Å². The second-order valence-corrected chi connectivity index (χ2v) is 7.90. The Morgan fingerprint density at radius 1 is 1.25 bits per heavy atom. The van der Waals surface area contributed by atoms with Gasteiger partial charge in [-0.2, -0.15) is 5.10 Å². The highest BCUT2D eigenvalue weighted by atomic mass is 35.5. The van der Waals surface area contributed by atoms with Crippen molar-refractivity contribution < 1.29 is 4.79 Å². The minimum absolute atomic E-state index is 0. The van der Waals surface area contributed by atoms with Crippen molar-refractivity contribution >= 4 is 29.7 Å². The molecule has 1 aliphatic rings. The Morgan fingerprint density at radius 3 is 2.79 bits per heavy atom. The first-order valence-electron chi connectivity index (χ1n) is 9.39. The minimum Gasteiger partial charge on any atom is -0.337 e. The van der Waals surface area contributed by atoms with Crippen molar-refractivity contribution in [3.05, 3.63) is 59.6 Å². The fraction of sp³-hybridized carbons (Fsp3) is 0.333. The van der Waals surface area contributed by atoms with Gasteiger partial charge >= 0.3 is 0 Å². The average Bonchev–Trinajstić information content (AvgIpc) is 3.38. The van der Waals surface area contributed by atoms with Crippen LogP contribution in [0.5, 0.6) is 0 Å². The van der Waals surface area contributed by atoms with E-state index in [0.29, 0.717) is 11.6 Å². The highest BCUT2D eigenvalue weighted by molar-refractivity contribution is 7.13. The number of rotatable bonds is 5. The number of amides is 1. The summed E-state index contributed by atoms with van der Waals surface area (Å²) in [7, 11) is 1.97. The zero-order chi connectivity index (χ0) is 18.6. The van der Waals surface area contributed by atoms with E-state index in [1.165, 1.54) is 6.42 Å². The molecular weight excluding hydrogens is 392 g/mol. The molecule has 1 amide bonds. The van der Waals surface area contributed by atoms with Gasteiger partial charge in [0, 0.05) is 13.1 Å². The summed E-state index contributed by atoms with van der Waals surface area (Å²) in [5, 5.41) is 9.98. The Kier molecular flexibility index (Phi) is 6.88. The van der Waals surface area contributed by atoms with Crippen LogP contribution in [0.2, 0.25) is 0 Å². The second kappa shape index (κ2) is 9.37. The van der Waals surface area contributed by atoms with Gasteiger partial charge in [-0.25, -0.2) is 4.68 Å². The normalized spacial score (nSPS) is 16.6. The van der Waals surface area contributed by atoms with Crippen LogP contribution < -0.4 is 5.32 Å². The number of likely N-dealkylation sites (tertiary alicyclic amines) is 1. The lowest BCUT2D eigenvalue weighted by Gasteiger charge is -2.32. The van der Waals surface area contributed by atoms with E-state index in [-0.39, 0.29) is 18.3 Å². The van der Waals surface area contributed by atoms with Gasteiger partial charge in [-0.15, -0.1) is 23.7 Å². The number of thiophene rings is 1. The van der Waals surface area contributed by atoms with Gasteiger partial charge in [-0.05, 0) is 62.0 Å². The monoisotopic (exact) mass is 416 g/mol. The first-order chi connectivity index (χ1) is 13.3. The van der Waals surface area contributed by atoms with E-state index in [0.717, 1.165) is 42.3 Å². The number of hydrogen-bond acceptors (Lipinski definition) is 4. The molecule has 5 nitrogen and oxygen atoms in total. The van der Waals surface area contributed by atoms with Gasteiger partial charge in [-0.1, -0.05) is 24.3 Å². The fourth-order valence-corrected chi connectivity index (χ4v) is 4.45. The maximum absolute atomic E-state index is 13.1. The summed E-state index contributed by atoms with van der Waals surface area (Å²) < 4.78 is 1.88. The van der Waals surface area contributed by atoms with Gasteiger partial charge in [0.2, 0.25) is 0 Å². The van der Waals surface area contributed by atoms with Gasteiger partial charge in [0.25, 0.3) is 5.91 Å². The number of nitrogens with one attached hydrogen (secondary N) is 1. The molecule has 2 aromatic heterocycles. The molecule has 148 valence electrons. The summed E-state index contributed by atoms with van der Waals surface area (Å²) in [6, 6.07) is 16.0. The van der Waals surface area contributed by atoms with Crippen LogP contribution in [0.25, 0.3) is 16.3 Å². The van der Waals surface area contributed by atoms with Crippen LogP contribution in [0.3, 0.4) is 0 Å². The summed E-state index contributed by atoms with van der Waals surface area (Å²) in [6.07, 6.45) is 2.22. The van der Waals surface area contributed by atoms with Crippen molar-refractivity contribution in [3.63, 3.8) is 0 Å². The third kappa shape index (κ3) is 4.29. The lowest BCUT2D eigenvalue weighted by Crippen LogP contribution is -2.42. The van der Waals surface area contributed by atoms with Crippen LogP contribution in [-0.2, 0) is 0 Å². The summed E-state index contributed by atoms with van der Waals surface area (Å²) in [4.78, 5) is 16.2. The highest BCUT2D eigenvalue weighted by Gasteiger charge is 2.27. The maximum Gasteiger partial charge on any atom is 0.274 e. The van der Waals surface area contributed by atoms with E-state index in [9.17, 15) is 4.79 Å². The molecule has 1 N–H and O–H groups in total. The molecule has 1 aliphatic heterocycles. The quantitative estimate of drug-likeness (QED) is 0.681. The predicted octanol–water partition coefficient (Wildman–Crippen LogP) is 4.09. The van der Waals surface area contributed by atoms with Gasteiger partial charge in [0.15, 0.2) is 5.69 Å². The molecule has 1 fully saturated rings. The lowest BCUT2D eigenvalue weighted by molar-refractivity contribution is 0.0668. The van der Waals surface area contributed by atoms with Crippen LogP contribution in [0.15, 0.2) is 53.9 Å². The Morgan fingerprint density at radius 2 is 2.07 bits per heavy atom. The molecule has 4 rings (SSSR count). The Hall–Kier alpha value is -2.15. The smallest absolute Gasteiger partial charge is 0.274 e. The molecule has 28 heavy (non-hydrogen) atoms. The third-order valence-corrected chi connectivity index (χ3v) is 5.89. The molecule has 1 atom stereocenters. The van der Waals surface area contributed by atoms with Gasteiger partial charge in [0.05, 0.1) is 16.3 Å². The largest absolute Gasteiger partial charge is 0.337 e. The van der Waals surface area contributed by atoms with Crippen molar-refractivity contribution in [1.29, 1.82) is 0 Å². The molecule has 0 saturated carbocycles. The van der Waals surface area contributed by atoms with Gasteiger partial charge in [-0.3, -0.25) is 4.79 Å². The molecule has 3 heterocycles. The molecule has 1 unspecified atom stereocenters. The number of carbonyl (C=O) groups excluding carboxylic acids is 1. The number of hydrogen-bond donors (Lipinski definition) is 1. The molecule has 0 aliphatic carbocycles. The van der Waals surface area contributed by atoms with Crippen molar-refractivity contribution in [2.45, 2.75) is 12.8 Å². The zero-order valence-corrected chi connectivity index (χ0v) is 17.5. The SMILES string of the molecule is CNCC1CCCN(C(=O)c2cc(-c3cccs3)n(-c3ccccc3)n2)C1.Cl. The van der Waals surface area contributed by atoms with Crippen LogP contribution >= 0.6 is 23.7 Å². The van der Waals surface area contributed by atoms with Crippen molar-refractivity contribution in [2.75, 3.05) is 26.7 Å². The topological polar surface area (TPSA) is 50.2 Å². The Bertz CT molecular complexity index is 893. The average molecular weight is 417 g/mol. The Balaban J connectivity index is 0.00000225. The van der Waals surface area contributed by atoms with E-state index in [1.54, 1.807) is 11.3 Å². The van der Waals surface area contributed by atoms with Crippen molar-refractivity contribution in [1.82, 2.24) is 20.0 Å². The number of carbonyl (C=O) groups is 1. The van der Waals surface area contributed by atoms with E-state index in [1.807, 2.05) is 64.5 Å². The summed E-state index contributed by atoms with van der Waals surface area (Å²) in [5.74, 6) is 0.545. The van der Waals surface area contributed by atoms with Crippen LogP contribution in [0, 0.1) is 5.92 Å². The zero-order valence-electron chi connectivity index (χ0n) is 15.9.